The first-order valence-corrected chi connectivity index (χ1v) is 36.7. The largest absolute Gasteiger partial charge is 0.463 e. The Morgan fingerprint density at radius 2 is 0.429 bits per heavy atom. The molecule has 0 aromatic carbocycles. The van der Waals surface area contributed by atoms with Crippen molar-refractivity contribution in [2.24, 2.45) is 0 Å². The molecule has 0 rings (SSSR count). The third-order valence-electron chi connectivity index (χ3n) is 16.5. The summed E-state index contributed by atoms with van der Waals surface area (Å²) in [6.07, 6.45) is 80.8. The van der Waals surface area contributed by atoms with E-state index in [-0.39, 0.29) is 69.3 Å². The van der Waals surface area contributed by atoms with Gasteiger partial charge in [-0.05, 0) is 128 Å². The Balaban J connectivity index is 5.52. The molecular formula is C76H139NO7. The molecule has 0 aliphatic carbocycles. The zero-order chi connectivity index (χ0) is 61.0. The lowest BCUT2D eigenvalue weighted by atomic mass is 10.0. The van der Waals surface area contributed by atoms with Crippen molar-refractivity contribution >= 4 is 23.8 Å². The second-order valence-corrected chi connectivity index (χ2v) is 25.1. The second-order valence-electron chi connectivity index (χ2n) is 25.1. The number of hydrogen-bond acceptors (Lipinski definition) is 7. The van der Waals surface area contributed by atoms with E-state index in [1.54, 1.807) is 0 Å². The van der Waals surface area contributed by atoms with E-state index in [9.17, 15) is 19.2 Å². The van der Waals surface area contributed by atoms with E-state index < -0.39 is 5.54 Å². The minimum Gasteiger partial charge on any atom is -0.463 e. The minimum absolute atomic E-state index is 0.220. The fourth-order valence-electron chi connectivity index (χ4n) is 10.8. The predicted octanol–water partition coefficient (Wildman–Crippen LogP) is 23.6. The third kappa shape index (κ3) is 61.9. The topological polar surface area (TPSA) is 108 Å². The van der Waals surface area contributed by atoms with Gasteiger partial charge in [-0.15, -0.1) is 0 Å². The van der Waals surface area contributed by atoms with Crippen LogP contribution in [0.1, 0.15) is 387 Å². The first-order chi connectivity index (χ1) is 41.3. The van der Waals surface area contributed by atoms with Crippen LogP contribution in [0.15, 0.2) is 48.6 Å². The maximum absolute atomic E-state index is 13.9. The lowest BCUT2D eigenvalue weighted by Crippen LogP contribution is -2.59. The summed E-state index contributed by atoms with van der Waals surface area (Å²) in [5.41, 5.74) is -1.40. The standard InChI is InChI=1S/C76H139NO7/c1-5-9-13-17-21-25-29-33-37-41-45-49-53-57-61-65-72(78)77-76(69-82-73(79)66-62-58-54-50-46-42-38-34-30-26-22-18-14-10-6-2,70-83-74(80)67-63-59-55-51-47-43-39-35-31-27-23-19-15-11-7-3)71-84-75(81)68-64-60-56-52-48-44-40-36-32-28-24-20-16-12-8-4/h33-40H,5-32,41-71H2,1-4H3,(H,77,78). The molecule has 0 saturated carbocycles. The summed E-state index contributed by atoms with van der Waals surface area (Å²) in [6, 6.07) is 0. The van der Waals surface area contributed by atoms with Crippen molar-refractivity contribution in [2.45, 2.75) is 393 Å². The van der Waals surface area contributed by atoms with Gasteiger partial charge in [-0.25, -0.2) is 0 Å². The van der Waals surface area contributed by atoms with Crippen LogP contribution in [0.5, 0.6) is 0 Å². The normalized spacial score (nSPS) is 12.6. The summed E-state index contributed by atoms with van der Waals surface area (Å²) in [6.45, 7) is 8.33. The molecule has 0 radical (unpaired) electrons. The molecule has 0 saturated heterocycles. The SMILES string of the molecule is CCCCCCCCC=CCCCCCCCC(=O)NC(COC(=O)CCCCCCCC=CCCCCCCCC)(COC(=O)CCCCCCCC=CCCCCCCCC)COC(=O)CCCCCCCC=CCCCCCCCC. The Labute approximate surface area is 521 Å². The fourth-order valence-corrected chi connectivity index (χ4v) is 10.8. The fraction of sp³-hybridized carbons (Fsp3) is 0.842. The molecular weight excluding hydrogens is 1040 g/mol. The van der Waals surface area contributed by atoms with Gasteiger partial charge in [0.1, 0.15) is 25.4 Å². The van der Waals surface area contributed by atoms with Gasteiger partial charge < -0.3 is 19.5 Å². The van der Waals surface area contributed by atoms with Crippen molar-refractivity contribution in [2.75, 3.05) is 19.8 Å². The molecule has 84 heavy (non-hydrogen) atoms. The average molecular weight is 1180 g/mol. The number of carbonyl (C=O) groups excluding carboxylic acids is 4. The van der Waals surface area contributed by atoms with Gasteiger partial charge in [0.05, 0.1) is 0 Å². The molecule has 0 fully saturated rings. The van der Waals surface area contributed by atoms with E-state index in [0.29, 0.717) is 0 Å². The van der Waals surface area contributed by atoms with Crippen LogP contribution in [0.2, 0.25) is 0 Å². The first-order valence-electron chi connectivity index (χ1n) is 36.7. The number of nitrogens with one attached hydrogen (secondary N) is 1. The minimum atomic E-state index is -1.40. The van der Waals surface area contributed by atoms with E-state index in [0.717, 1.165) is 154 Å². The maximum atomic E-state index is 13.9. The highest BCUT2D eigenvalue weighted by molar-refractivity contribution is 5.77. The summed E-state index contributed by atoms with van der Waals surface area (Å²) in [5, 5.41) is 3.12. The first kappa shape index (κ1) is 80.8. The van der Waals surface area contributed by atoms with Crippen molar-refractivity contribution in [1.82, 2.24) is 5.32 Å². The molecule has 490 valence electrons. The quantitative estimate of drug-likeness (QED) is 0.0280. The Morgan fingerprint density at radius 3 is 0.643 bits per heavy atom. The Hall–Kier alpha value is -3.16. The van der Waals surface area contributed by atoms with Crippen molar-refractivity contribution in [3.63, 3.8) is 0 Å². The number of unbranched alkanes of at least 4 members (excludes halogenated alkanes) is 44. The van der Waals surface area contributed by atoms with E-state index in [1.165, 1.54) is 180 Å². The van der Waals surface area contributed by atoms with E-state index in [4.69, 9.17) is 14.2 Å². The van der Waals surface area contributed by atoms with Crippen LogP contribution in [0.3, 0.4) is 0 Å². The van der Waals surface area contributed by atoms with Gasteiger partial charge in [-0.3, -0.25) is 19.2 Å². The maximum Gasteiger partial charge on any atom is 0.305 e. The highest BCUT2D eigenvalue weighted by Crippen LogP contribution is 2.19. The number of amides is 1. The van der Waals surface area contributed by atoms with Crippen LogP contribution < -0.4 is 5.32 Å². The monoisotopic (exact) mass is 1180 g/mol. The summed E-state index contributed by atoms with van der Waals surface area (Å²) in [4.78, 5) is 54.0. The van der Waals surface area contributed by atoms with Crippen molar-refractivity contribution in [3.05, 3.63) is 48.6 Å². The summed E-state index contributed by atoms with van der Waals surface area (Å²) in [7, 11) is 0. The lowest BCUT2D eigenvalue weighted by molar-refractivity contribution is -0.159. The van der Waals surface area contributed by atoms with Crippen molar-refractivity contribution in [1.29, 1.82) is 0 Å². The van der Waals surface area contributed by atoms with Gasteiger partial charge in [0.15, 0.2) is 0 Å². The molecule has 1 amide bonds. The second kappa shape index (κ2) is 67.3. The summed E-state index contributed by atoms with van der Waals surface area (Å²) in [5.74, 6) is -1.30. The average Bonchev–Trinajstić information content (AvgIpc) is 3.66. The zero-order valence-electron chi connectivity index (χ0n) is 56.2. The van der Waals surface area contributed by atoms with Crippen LogP contribution in [0.4, 0.5) is 0 Å². The molecule has 0 heterocycles. The highest BCUT2D eigenvalue weighted by Gasteiger charge is 2.37. The van der Waals surface area contributed by atoms with E-state index >= 15 is 0 Å². The van der Waals surface area contributed by atoms with E-state index in [1.807, 2.05) is 0 Å². The van der Waals surface area contributed by atoms with Crippen LogP contribution in [0, 0.1) is 0 Å². The smallest absolute Gasteiger partial charge is 0.305 e. The van der Waals surface area contributed by atoms with Crippen LogP contribution >= 0.6 is 0 Å². The summed E-state index contributed by atoms with van der Waals surface area (Å²) < 4.78 is 17.8. The number of rotatable bonds is 67. The number of hydrogen-bond donors (Lipinski definition) is 1. The molecule has 0 aromatic rings. The zero-order valence-corrected chi connectivity index (χ0v) is 56.2. The Kier molecular flexibility index (Phi) is 64.8. The molecule has 0 spiro atoms. The Bertz CT molecular complexity index is 1410. The van der Waals surface area contributed by atoms with Gasteiger partial charge in [-0.2, -0.15) is 0 Å². The number of ether oxygens (including phenoxy) is 3. The number of allylic oxidation sites excluding steroid dienone is 8. The molecule has 0 aliphatic heterocycles. The highest BCUT2D eigenvalue weighted by atomic mass is 16.6. The van der Waals surface area contributed by atoms with Gasteiger partial charge in [0.25, 0.3) is 0 Å². The third-order valence-corrected chi connectivity index (χ3v) is 16.5. The van der Waals surface area contributed by atoms with Crippen LogP contribution in [0.25, 0.3) is 0 Å². The molecule has 8 nitrogen and oxygen atoms in total. The Morgan fingerprint density at radius 1 is 0.250 bits per heavy atom. The van der Waals surface area contributed by atoms with Crippen LogP contribution in [-0.2, 0) is 33.4 Å². The van der Waals surface area contributed by atoms with Gasteiger partial charge in [0.2, 0.25) is 5.91 Å². The molecule has 0 aliphatic rings. The molecule has 8 heteroatoms. The van der Waals surface area contributed by atoms with Crippen molar-refractivity contribution in [3.8, 4) is 0 Å². The number of esters is 3. The molecule has 1 N–H and O–H groups in total. The van der Waals surface area contributed by atoms with Gasteiger partial charge in [-0.1, -0.05) is 282 Å². The molecule has 0 aromatic heterocycles. The van der Waals surface area contributed by atoms with Gasteiger partial charge >= 0.3 is 17.9 Å². The van der Waals surface area contributed by atoms with Crippen molar-refractivity contribution < 1.29 is 33.4 Å². The summed E-state index contributed by atoms with van der Waals surface area (Å²) >= 11 is 0. The predicted molar refractivity (Wildman–Crippen MR) is 362 cm³/mol. The van der Waals surface area contributed by atoms with Crippen LogP contribution in [-0.4, -0.2) is 49.2 Å². The molecule has 0 unspecified atom stereocenters. The van der Waals surface area contributed by atoms with E-state index in [2.05, 4.69) is 81.6 Å². The molecule has 0 bridgehead atoms. The van der Waals surface area contributed by atoms with Gasteiger partial charge in [0, 0.05) is 25.7 Å². The lowest BCUT2D eigenvalue weighted by Gasteiger charge is -2.33. The number of carbonyl (C=O) groups is 4. The molecule has 0 atom stereocenters.